The van der Waals surface area contributed by atoms with Gasteiger partial charge in [-0.25, -0.2) is 8.42 Å². The normalized spacial score (nSPS) is 11.6. The summed E-state index contributed by atoms with van der Waals surface area (Å²) in [6.45, 7) is 4.05. The second kappa shape index (κ2) is 8.00. The first-order valence-electron chi connectivity index (χ1n) is 8.75. The van der Waals surface area contributed by atoms with Gasteiger partial charge in [0.05, 0.1) is 17.7 Å². The van der Waals surface area contributed by atoms with Crippen molar-refractivity contribution in [2.45, 2.75) is 25.3 Å². The van der Waals surface area contributed by atoms with Crippen LogP contribution < -0.4 is 5.32 Å². The number of nitrogens with zero attached hydrogens (tertiary/aromatic N) is 1. The van der Waals surface area contributed by atoms with Crippen molar-refractivity contribution in [3.63, 3.8) is 0 Å². The number of sulfonamides is 1. The fourth-order valence-corrected chi connectivity index (χ4v) is 3.88. The van der Waals surface area contributed by atoms with Crippen molar-refractivity contribution in [3.8, 4) is 0 Å². The lowest BCUT2D eigenvalue weighted by Gasteiger charge is -2.16. The third-order valence-electron chi connectivity index (χ3n) is 4.64. The topological polar surface area (TPSA) is 79.6 Å². The van der Waals surface area contributed by atoms with Crippen LogP contribution in [0.5, 0.6) is 0 Å². The second-order valence-electron chi connectivity index (χ2n) is 6.57. The summed E-state index contributed by atoms with van der Waals surface area (Å²) < 4.78 is 31.8. The molecule has 28 heavy (non-hydrogen) atoms. The molecule has 1 N–H and O–H groups in total. The molecule has 3 aromatic rings. The van der Waals surface area contributed by atoms with Crippen molar-refractivity contribution in [2.75, 3.05) is 12.4 Å². The number of hydrogen-bond acceptors (Lipinski definition) is 4. The van der Waals surface area contributed by atoms with E-state index in [1.165, 1.54) is 41.9 Å². The van der Waals surface area contributed by atoms with Gasteiger partial charge in [-0.1, -0.05) is 12.1 Å². The largest absolute Gasteiger partial charge is 0.468 e. The molecule has 1 amide bonds. The Morgan fingerprint density at radius 3 is 2.39 bits per heavy atom. The first kappa shape index (κ1) is 19.9. The maximum atomic E-state index is 12.7. The summed E-state index contributed by atoms with van der Waals surface area (Å²) >= 11 is 0. The molecule has 0 atom stereocenters. The molecule has 0 aliphatic rings. The smallest absolute Gasteiger partial charge is 0.255 e. The number of carbonyl (C=O) groups is 1. The lowest BCUT2D eigenvalue weighted by Crippen LogP contribution is -2.26. The van der Waals surface area contributed by atoms with Crippen molar-refractivity contribution in [3.05, 3.63) is 83.3 Å². The minimum atomic E-state index is -3.69. The molecular formula is C21H22N2O4S. The standard InChI is InChI=1S/C21H22N2O4S/c1-15-6-4-8-20(16(15)2)22-21(24)17-9-11-19(12-10-17)28(25,26)23(3)14-18-7-5-13-27-18/h4-13H,14H2,1-3H3,(H,22,24). The zero-order chi connectivity index (χ0) is 20.3. The number of benzene rings is 2. The molecule has 0 saturated heterocycles. The summed E-state index contributed by atoms with van der Waals surface area (Å²) in [4.78, 5) is 12.6. The average Bonchev–Trinajstić information content (AvgIpc) is 3.18. The second-order valence-corrected chi connectivity index (χ2v) is 8.61. The Morgan fingerprint density at radius 2 is 1.75 bits per heavy atom. The van der Waals surface area contributed by atoms with Gasteiger partial charge in [0.25, 0.3) is 5.91 Å². The average molecular weight is 398 g/mol. The van der Waals surface area contributed by atoms with E-state index in [1.807, 2.05) is 32.0 Å². The molecule has 0 unspecified atom stereocenters. The van der Waals surface area contributed by atoms with Gasteiger partial charge in [0.1, 0.15) is 5.76 Å². The fourth-order valence-electron chi connectivity index (χ4n) is 2.75. The van der Waals surface area contributed by atoms with Gasteiger partial charge >= 0.3 is 0 Å². The summed E-state index contributed by atoms with van der Waals surface area (Å²) in [5.74, 6) is 0.261. The van der Waals surface area contributed by atoms with E-state index >= 15 is 0 Å². The van der Waals surface area contributed by atoms with E-state index in [4.69, 9.17) is 4.42 Å². The highest BCUT2D eigenvalue weighted by molar-refractivity contribution is 7.89. The molecule has 146 valence electrons. The van der Waals surface area contributed by atoms with Gasteiger partial charge in [-0.3, -0.25) is 4.79 Å². The van der Waals surface area contributed by atoms with Crippen molar-refractivity contribution in [1.29, 1.82) is 0 Å². The van der Waals surface area contributed by atoms with E-state index in [9.17, 15) is 13.2 Å². The molecular weight excluding hydrogens is 376 g/mol. The number of amides is 1. The lowest BCUT2D eigenvalue weighted by atomic mass is 10.1. The third-order valence-corrected chi connectivity index (χ3v) is 6.45. The first-order chi connectivity index (χ1) is 13.3. The maximum Gasteiger partial charge on any atom is 0.255 e. The van der Waals surface area contributed by atoms with Crippen LogP contribution in [0.25, 0.3) is 0 Å². The van der Waals surface area contributed by atoms with E-state index in [-0.39, 0.29) is 17.3 Å². The number of carbonyl (C=O) groups excluding carboxylic acids is 1. The zero-order valence-electron chi connectivity index (χ0n) is 16.0. The number of furan rings is 1. The molecule has 0 aliphatic heterocycles. The Bertz CT molecular complexity index is 1070. The Kier molecular flexibility index (Phi) is 5.67. The van der Waals surface area contributed by atoms with Gasteiger partial charge in [0.15, 0.2) is 0 Å². The SMILES string of the molecule is Cc1cccc(NC(=O)c2ccc(S(=O)(=O)N(C)Cc3ccco3)cc2)c1C. The fraction of sp³-hybridized carbons (Fsp3) is 0.190. The highest BCUT2D eigenvalue weighted by Crippen LogP contribution is 2.21. The predicted molar refractivity (Wildman–Crippen MR) is 108 cm³/mol. The van der Waals surface area contributed by atoms with Gasteiger partial charge in [0.2, 0.25) is 10.0 Å². The molecule has 0 fully saturated rings. The number of nitrogens with one attached hydrogen (secondary N) is 1. The van der Waals surface area contributed by atoms with Gasteiger partial charge in [-0.05, 0) is 67.4 Å². The van der Waals surface area contributed by atoms with Gasteiger partial charge < -0.3 is 9.73 Å². The Morgan fingerprint density at radius 1 is 1.04 bits per heavy atom. The molecule has 6 nitrogen and oxygen atoms in total. The van der Waals surface area contributed by atoms with E-state index < -0.39 is 10.0 Å². The first-order valence-corrected chi connectivity index (χ1v) is 10.2. The number of anilines is 1. The predicted octanol–water partition coefficient (Wildman–Crippen LogP) is 3.97. The van der Waals surface area contributed by atoms with Crippen LogP contribution in [0.15, 0.2) is 70.2 Å². The van der Waals surface area contributed by atoms with E-state index in [1.54, 1.807) is 12.1 Å². The van der Waals surface area contributed by atoms with Crippen LogP contribution in [0.4, 0.5) is 5.69 Å². The van der Waals surface area contributed by atoms with Crippen LogP contribution in [0.3, 0.4) is 0 Å². The van der Waals surface area contributed by atoms with Crippen LogP contribution in [0.1, 0.15) is 27.2 Å². The molecule has 7 heteroatoms. The summed E-state index contributed by atoms with van der Waals surface area (Å²) in [5.41, 5.74) is 3.20. The highest BCUT2D eigenvalue weighted by atomic mass is 32.2. The quantitative estimate of drug-likeness (QED) is 0.681. The van der Waals surface area contributed by atoms with E-state index in [2.05, 4.69) is 5.32 Å². The summed E-state index contributed by atoms with van der Waals surface area (Å²) in [6.07, 6.45) is 1.50. The van der Waals surface area contributed by atoms with Gasteiger partial charge in [-0.15, -0.1) is 0 Å². The summed E-state index contributed by atoms with van der Waals surface area (Å²) in [6, 6.07) is 15.0. The summed E-state index contributed by atoms with van der Waals surface area (Å²) in [7, 11) is -2.20. The number of rotatable bonds is 6. The van der Waals surface area contributed by atoms with Crippen LogP contribution >= 0.6 is 0 Å². The van der Waals surface area contributed by atoms with Crippen molar-refractivity contribution < 1.29 is 17.6 Å². The van der Waals surface area contributed by atoms with Crippen LogP contribution in [-0.4, -0.2) is 25.7 Å². The van der Waals surface area contributed by atoms with E-state index in [0.717, 1.165) is 16.8 Å². The van der Waals surface area contributed by atoms with Crippen molar-refractivity contribution >= 4 is 21.6 Å². The zero-order valence-corrected chi connectivity index (χ0v) is 16.8. The third kappa shape index (κ3) is 4.16. The molecule has 0 spiro atoms. The van der Waals surface area contributed by atoms with E-state index in [0.29, 0.717) is 11.3 Å². The van der Waals surface area contributed by atoms with Crippen LogP contribution in [0.2, 0.25) is 0 Å². The molecule has 0 aliphatic carbocycles. The number of hydrogen-bond donors (Lipinski definition) is 1. The highest BCUT2D eigenvalue weighted by Gasteiger charge is 2.22. The Balaban J connectivity index is 1.75. The monoisotopic (exact) mass is 398 g/mol. The van der Waals surface area contributed by atoms with Crippen molar-refractivity contribution in [1.82, 2.24) is 4.31 Å². The molecule has 2 aromatic carbocycles. The van der Waals surface area contributed by atoms with Crippen LogP contribution in [-0.2, 0) is 16.6 Å². The molecule has 1 heterocycles. The molecule has 0 bridgehead atoms. The Hall–Kier alpha value is -2.90. The van der Waals surface area contributed by atoms with Crippen molar-refractivity contribution in [2.24, 2.45) is 0 Å². The lowest BCUT2D eigenvalue weighted by molar-refractivity contribution is 0.102. The maximum absolute atomic E-state index is 12.7. The minimum absolute atomic E-state index is 0.116. The van der Waals surface area contributed by atoms with Gasteiger partial charge in [0, 0.05) is 18.3 Å². The van der Waals surface area contributed by atoms with Crippen LogP contribution in [0, 0.1) is 13.8 Å². The molecule has 3 rings (SSSR count). The number of aryl methyl sites for hydroxylation is 1. The molecule has 0 saturated carbocycles. The summed E-state index contributed by atoms with van der Waals surface area (Å²) in [5, 5.41) is 2.87. The molecule has 0 radical (unpaired) electrons. The van der Waals surface area contributed by atoms with Gasteiger partial charge in [-0.2, -0.15) is 4.31 Å². The minimum Gasteiger partial charge on any atom is -0.468 e. The molecule has 1 aromatic heterocycles. The Labute approximate surface area is 164 Å².